The molecule has 1 aromatic carbocycles. The molecule has 6 heteroatoms. The van der Waals surface area contributed by atoms with Crippen molar-refractivity contribution in [2.75, 3.05) is 0 Å². The van der Waals surface area contributed by atoms with Crippen LogP contribution in [0, 0.1) is 6.92 Å². The van der Waals surface area contributed by atoms with Gasteiger partial charge in [0.05, 0.1) is 0 Å². The quantitative estimate of drug-likeness (QED) is 0.856. The van der Waals surface area contributed by atoms with Gasteiger partial charge >= 0.3 is 6.43 Å². The van der Waals surface area contributed by atoms with E-state index >= 15 is 0 Å². The molecule has 2 aromatic rings. The number of hydrogen-bond acceptors (Lipinski definition) is 4. The topological polar surface area (TPSA) is 56.0 Å². The molecule has 1 heterocycles. The first-order chi connectivity index (χ1) is 9.11. The third kappa shape index (κ3) is 3.43. The Kier molecular flexibility index (Phi) is 5.29. The molecule has 102 valence electrons. The molecule has 0 unspecified atom stereocenters. The maximum absolute atomic E-state index is 12.3. The molecule has 0 aliphatic heterocycles. The minimum Gasteiger partial charge on any atom is -0.415 e. The summed E-state index contributed by atoms with van der Waals surface area (Å²) in [7, 11) is 0. The predicted octanol–water partition coefficient (Wildman–Crippen LogP) is 3.36. The van der Waals surface area contributed by atoms with Gasteiger partial charge in [-0.05, 0) is 36.6 Å². The summed E-state index contributed by atoms with van der Waals surface area (Å²) in [5.74, 6) is -0.511. The number of hydrogen-bond donors (Lipinski definition) is 0. The third-order valence-electron chi connectivity index (χ3n) is 2.60. The number of benzene rings is 1. The first kappa shape index (κ1) is 14.9. The molecule has 0 aliphatic carbocycles. The van der Waals surface area contributed by atoms with Crippen molar-refractivity contribution in [2.24, 2.45) is 0 Å². The van der Waals surface area contributed by atoms with Gasteiger partial charge in [0.15, 0.2) is 0 Å². The van der Waals surface area contributed by atoms with Crippen LogP contribution in [-0.2, 0) is 11.2 Å². The number of aromatic nitrogens is 2. The van der Waals surface area contributed by atoms with E-state index in [1.165, 1.54) is 5.56 Å². The van der Waals surface area contributed by atoms with Gasteiger partial charge in [-0.25, -0.2) is 0 Å². The molecule has 0 saturated heterocycles. The van der Waals surface area contributed by atoms with E-state index in [4.69, 9.17) is 9.21 Å². The lowest BCUT2D eigenvalue weighted by Crippen LogP contribution is -1.87. The van der Waals surface area contributed by atoms with Crippen LogP contribution in [0.4, 0.5) is 8.78 Å². The first-order valence-electron chi connectivity index (χ1n) is 5.62. The van der Waals surface area contributed by atoms with Crippen LogP contribution in [0.2, 0.25) is 0 Å². The Morgan fingerprint density at radius 2 is 2.00 bits per heavy atom. The average Bonchev–Trinajstić information content (AvgIpc) is 2.91. The Morgan fingerprint density at radius 3 is 2.47 bits per heavy atom. The van der Waals surface area contributed by atoms with Crippen LogP contribution in [-0.4, -0.2) is 17.0 Å². The monoisotopic (exact) mass is 268 g/mol. The summed E-state index contributed by atoms with van der Waals surface area (Å²) in [5, 5.41) is 6.91. The molecule has 0 atom stereocenters. The van der Waals surface area contributed by atoms with Crippen molar-refractivity contribution in [1.82, 2.24) is 10.2 Å². The molecule has 0 radical (unpaired) electrons. The van der Waals surface area contributed by atoms with Gasteiger partial charge in [0, 0.05) is 5.56 Å². The van der Waals surface area contributed by atoms with E-state index in [0.29, 0.717) is 5.56 Å². The fraction of sp³-hybridized carbons (Fsp3) is 0.308. The van der Waals surface area contributed by atoms with E-state index in [2.05, 4.69) is 17.1 Å². The van der Waals surface area contributed by atoms with Crippen LogP contribution < -0.4 is 0 Å². The highest BCUT2D eigenvalue weighted by Gasteiger charge is 2.17. The Balaban J connectivity index is 0.000000861. The molecule has 0 bridgehead atoms. The Bertz CT molecular complexity index is 541. The van der Waals surface area contributed by atoms with Crippen molar-refractivity contribution in [1.29, 1.82) is 0 Å². The minimum absolute atomic E-state index is 0.131. The second-order valence-corrected chi connectivity index (χ2v) is 3.74. The SMILES string of the molecule is C=O.CCc1ccc(-c2nnc(C(F)F)o2)cc1C. The summed E-state index contributed by atoms with van der Waals surface area (Å²) in [6.45, 7) is 6.02. The minimum atomic E-state index is -2.73. The fourth-order valence-corrected chi connectivity index (χ4v) is 1.67. The average molecular weight is 268 g/mol. The van der Waals surface area contributed by atoms with Crippen LogP contribution >= 0.6 is 0 Å². The van der Waals surface area contributed by atoms with Gasteiger partial charge in [0.25, 0.3) is 5.89 Å². The van der Waals surface area contributed by atoms with Crippen molar-refractivity contribution in [2.45, 2.75) is 26.7 Å². The highest BCUT2D eigenvalue weighted by molar-refractivity contribution is 5.55. The summed E-state index contributed by atoms with van der Waals surface area (Å²) in [6, 6.07) is 5.60. The highest BCUT2D eigenvalue weighted by atomic mass is 19.3. The second kappa shape index (κ2) is 6.72. The summed E-state index contributed by atoms with van der Waals surface area (Å²) >= 11 is 0. The molecule has 4 nitrogen and oxygen atoms in total. The molecule has 0 aliphatic rings. The van der Waals surface area contributed by atoms with E-state index < -0.39 is 12.3 Å². The van der Waals surface area contributed by atoms with Gasteiger partial charge in [-0.2, -0.15) is 8.78 Å². The summed E-state index contributed by atoms with van der Waals surface area (Å²) < 4.78 is 29.5. The van der Waals surface area contributed by atoms with Crippen molar-refractivity contribution < 1.29 is 18.0 Å². The molecule has 0 amide bonds. The number of nitrogens with zero attached hydrogens (tertiary/aromatic N) is 2. The molecule has 1 aromatic heterocycles. The lowest BCUT2D eigenvalue weighted by Gasteiger charge is -2.03. The highest BCUT2D eigenvalue weighted by Crippen LogP contribution is 2.24. The Hall–Kier alpha value is -2.11. The van der Waals surface area contributed by atoms with Gasteiger partial charge in [-0.3, -0.25) is 0 Å². The third-order valence-corrected chi connectivity index (χ3v) is 2.60. The van der Waals surface area contributed by atoms with Crippen molar-refractivity contribution in [3.63, 3.8) is 0 Å². The van der Waals surface area contributed by atoms with Gasteiger partial charge in [-0.15, -0.1) is 10.2 Å². The molecular formula is C13H14F2N2O2. The zero-order valence-corrected chi connectivity index (χ0v) is 10.7. The van der Waals surface area contributed by atoms with Gasteiger partial charge < -0.3 is 9.21 Å². The smallest absolute Gasteiger partial charge is 0.314 e. The Morgan fingerprint density at radius 1 is 1.32 bits per heavy atom. The molecule has 0 N–H and O–H groups in total. The largest absolute Gasteiger partial charge is 0.415 e. The molecule has 19 heavy (non-hydrogen) atoms. The van der Waals surface area contributed by atoms with E-state index in [0.717, 1.165) is 12.0 Å². The number of aryl methyl sites for hydroxylation is 2. The van der Waals surface area contributed by atoms with Crippen LogP contribution in [0.1, 0.15) is 30.4 Å². The fourth-order valence-electron chi connectivity index (χ4n) is 1.67. The van der Waals surface area contributed by atoms with E-state index in [1.807, 2.05) is 25.8 Å². The molecular weight excluding hydrogens is 254 g/mol. The molecule has 2 rings (SSSR count). The lowest BCUT2D eigenvalue weighted by molar-refractivity contribution is -0.0979. The van der Waals surface area contributed by atoms with Gasteiger partial charge in [0.2, 0.25) is 5.89 Å². The number of halogens is 2. The van der Waals surface area contributed by atoms with Crippen molar-refractivity contribution >= 4 is 6.79 Å². The zero-order valence-electron chi connectivity index (χ0n) is 10.7. The number of carbonyl (C=O) groups is 1. The van der Waals surface area contributed by atoms with Gasteiger partial charge in [0.1, 0.15) is 6.79 Å². The van der Waals surface area contributed by atoms with E-state index in [-0.39, 0.29) is 5.89 Å². The normalized spacial score (nSPS) is 10.2. The summed E-state index contributed by atoms with van der Waals surface area (Å²) in [5.41, 5.74) is 2.96. The van der Waals surface area contributed by atoms with Crippen molar-refractivity contribution in [3.05, 3.63) is 35.2 Å². The van der Waals surface area contributed by atoms with E-state index in [9.17, 15) is 8.78 Å². The van der Waals surface area contributed by atoms with E-state index in [1.54, 1.807) is 6.07 Å². The summed E-state index contributed by atoms with van der Waals surface area (Å²) in [4.78, 5) is 8.00. The van der Waals surface area contributed by atoms with Crippen LogP contribution in [0.15, 0.2) is 22.6 Å². The lowest BCUT2D eigenvalue weighted by atomic mass is 10.0. The maximum atomic E-state index is 12.3. The number of rotatable bonds is 3. The van der Waals surface area contributed by atoms with Crippen LogP contribution in [0.25, 0.3) is 11.5 Å². The Labute approximate surface area is 109 Å². The van der Waals surface area contributed by atoms with Crippen molar-refractivity contribution in [3.8, 4) is 11.5 Å². The predicted molar refractivity (Wildman–Crippen MR) is 65.9 cm³/mol. The van der Waals surface area contributed by atoms with Gasteiger partial charge in [-0.1, -0.05) is 13.0 Å². The number of alkyl halides is 2. The standard InChI is InChI=1S/C12H12F2N2O.CH2O/c1-3-8-4-5-9(6-7(8)2)11-15-16-12(17-11)10(13)14;1-2/h4-6,10H,3H2,1-2H3;1H2. The van der Waals surface area contributed by atoms with Crippen LogP contribution in [0.5, 0.6) is 0 Å². The second-order valence-electron chi connectivity index (χ2n) is 3.74. The first-order valence-corrected chi connectivity index (χ1v) is 5.62. The number of carbonyl (C=O) groups excluding carboxylic acids is 1. The zero-order chi connectivity index (χ0) is 14.4. The molecule has 0 fully saturated rings. The van der Waals surface area contributed by atoms with Crippen LogP contribution in [0.3, 0.4) is 0 Å². The summed E-state index contributed by atoms with van der Waals surface area (Å²) in [6.07, 6.45) is -1.80. The molecule has 0 spiro atoms. The maximum Gasteiger partial charge on any atom is 0.314 e. The molecule has 0 saturated carbocycles.